The molecule has 0 saturated carbocycles. The predicted octanol–water partition coefficient (Wildman–Crippen LogP) is 4.39. The number of benzene rings is 2. The normalized spacial score (nSPS) is 11.4. The molecule has 10 heteroatoms. The number of nitriles is 1. The van der Waals surface area contributed by atoms with E-state index in [2.05, 4.69) is 25.9 Å². The summed E-state index contributed by atoms with van der Waals surface area (Å²) in [5, 5.41) is 18.6. The average Bonchev–Trinajstić information content (AvgIpc) is 2.97. The molecule has 0 spiro atoms. The molecule has 1 atom stereocenters. The molecule has 5 N–H and O–H groups in total. The van der Waals surface area contributed by atoms with E-state index in [1.54, 1.807) is 25.3 Å². The Balaban J connectivity index is 1.45. The zero-order valence-corrected chi connectivity index (χ0v) is 22.4. The van der Waals surface area contributed by atoms with Crippen molar-refractivity contribution in [2.24, 2.45) is 0 Å². The van der Waals surface area contributed by atoms with Crippen LogP contribution in [0, 0.1) is 17.1 Å². The van der Waals surface area contributed by atoms with Crippen molar-refractivity contribution in [2.45, 2.75) is 32.4 Å². The second-order valence-corrected chi connectivity index (χ2v) is 9.32. The summed E-state index contributed by atoms with van der Waals surface area (Å²) in [5.41, 5.74) is 10.7. The highest BCUT2D eigenvalue weighted by atomic mass is 19.1. The van der Waals surface area contributed by atoms with Crippen molar-refractivity contribution in [3.05, 3.63) is 101 Å². The van der Waals surface area contributed by atoms with E-state index in [1.165, 1.54) is 24.4 Å². The number of nitrogens with one attached hydrogen (secondary N) is 3. The first-order valence-electron chi connectivity index (χ1n) is 12.9. The summed E-state index contributed by atoms with van der Waals surface area (Å²) in [6.45, 7) is 3.08. The molecule has 0 radical (unpaired) electrons. The van der Waals surface area contributed by atoms with E-state index in [-0.39, 0.29) is 23.0 Å². The molecule has 4 rings (SSSR count). The Morgan fingerprint density at radius 2 is 1.85 bits per heavy atom. The van der Waals surface area contributed by atoms with E-state index in [0.717, 1.165) is 47.5 Å². The second-order valence-electron chi connectivity index (χ2n) is 9.32. The Kier molecular flexibility index (Phi) is 9.33. The van der Waals surface area contributed by atoms with Crippen LogP contribution in [-0.2, 0) is 13.0 Å². The molecule has 0 aliphatic rings. The lowest BCUT2D eigenvalue weighted by Crippen LogP contribution is -2.28. The highest BCUT2D eigenvalue weighted by Gasteiger charge is 2.17. The number of halogens is 1. The van der Waals surface area contributed by atoms with E-state index in [4.69, 9.17) is 10.7 Å². The number of hydrogen-bond donors (Lipinski definition) is 4. The van der Waals surface area contributed by atoms with Crippen molar-refractivity contribution in [3.63, 3.8) is 0 Å². The number of aryl methyl sites for hydroxylation is 1. The second kappa shape index (κ2) is 13.3. The van der Waals surface area contributed by atoms with Crippen LogP contribution in [0.25, 0.3) is 11.3 Å². The molecular weight excluding hydrogens is 507 g/mol. The number of amides is 1. The Labute approximate surface area is 232 Å². The van der Waals surface area contributed by atoms with Gasteiger partial charge in [-0.1, -0.05) is 36.4 Å². The zero-order chi connectivity index (χ0) is 28.5. The van der Waals surface area contributed by atoms with Crippen molar-refractivity contribution < 1.29 is 9.18 Å². The lowest BCUT2D eigenvalue weighted by Gasteiger charge is -2.16. The Morgan fingerprint density at radius 1 is 1.10 bits per heavy atom. The smallest absolute Gasteiger partial charge is 0.255 e. The molecule has 0 saturated heterocycles. The Morgan fingerprint density at radius 3 is 2.55 bits per heavy atom. The van der Waals surface area contributed by atoms with Crippen molar-refractivity contribution in [3.8, 4) is 17.3 Å². The molecule has 0 fully saturated rings. The molecule has 0 aliphatic carbocycles. The zero-order valence-electron chi connectivity index (χ0n) is 22.4. The lowest BCUT2D eigenvalue weighted by molar-refractivity contribution is 0.0940. The molecule has 0 aliphatic heterocycles. The van der Waals surface area contributed by atoms with Gasteiger partial charge < -0.3 is 21.7 Å². The summed E-state index contributed by atoms with van der Waals surface area (Å²) in [5.74, 6) is 0.0516. The highest BCUT2D eigenvalue weighted by molar-refractivity contribution is 5.99. The van der Waals surface area contributed by atoms with Crippen LogP contribution in [0.3, 0.4) is 0 Å². The van der Waals surface area contributed by atoms with Crippen molar-refractivity contribution in [1.29, 1.82) is 5.26 Å². The average molecular weight is 539 g/mol. The topological polar surface area (TPSA) is 142 Å². The van der Waals surface area contributed by atoms with Crippen molar-refractivity contribution >= 4 is 17.5 Å². The number of carbonyl (C=O) groups excluding carboxylic acids is 1. The summed E-state index contributed by atoms with van der Waals surface area (Å²) < 4.78 is 13.3. The first-order chi connectivity index (χ1) is 19.4. The summed E-state index contributed by atoms with van der Waals surface area (Å²) in [6.07, 6.45) is 4.74. The summed E-state index contributed by atoms with van der Waals surface area (Å²) in [7, 11) is 1.91. The van der Waals surface area contributed by atoms with Gasteiger partial charge in [0.2, 0.25) is 0 Å². The minimum absolute atomic E-state index is 0.243. The monoisotopic (exact) mass is 538 g/mol. The van der Waals surface area contributed by atoms with E-state index in [0.29, 0.717) is 18.2 Å². The van der Waals surface area contributed by atoms with Crippen molar-refractivity contribution in [1.82, 2.24) is 25.6 Å². The van der Waals surface area contributed by atoms with Crippen LogP contribution in [0.5, 0.6) is 0 Å². The summed E-state index contributed by atoms with van der Waals surface area (Å²) >= 11 is 0. The molecule has 4 aromatic rings. The number of nitrogens with zero attached hydrogens (tertiary/aromatic N) is 4. The SMILES string of the molecule is CNCCCc1nc(-c2ccc(CNc3ncc(C#N)cc3C(=O)N[C@@H](C)c3ccc(F)cc3)cc2)cnc1N. The first-order valence-corrected chi connectivity index (χ1v) is 12.9. The molecule has 204 valence electrons. The van der Waals surface area contributed by atoms with Crippen LogP contribution in [0.4, 0.5) is 16.0 Å². The molecule has 2 aromatic heterocycles. The Bertz CT molecular complexity index is 1500. The fourth-order valence-corrected chi connectivity index (χ4v) is 4.12. The number of hydrogen-bond acceptors (Lipinski definition) is 8. The maximum Gasteiger partial charge on any atom is 0.255 e. The van der Waals surface area contributed by atoms with Gasteiger partial charge >= 0.3 is 0 Å². The molecule has 0 unspecified atom stereocenters. The fraction of sp³-hybridized carbons (Fsp3) is 0.233. The molecular formula is C30H31FN8O. The van der Waals surface area contributed by atoms with Gasteiger partial charge in [0, 0.05) is 18.3 Å². The van der Waals surface area contributed by atoms with Crippen LogP contribution in [0.15, 0.2) is 67.0 Å². The molecule has 40 heavy (non-hydrogen) atoms. The molecule has 0 bridgehead atoms. The number of pyridine rings is 1. The number of nitrogen functional groups attached to an aromatic ring is 1. The van der Waals surface area contributed by atoms with E-state index in [1.807, 2.05) is 37.4 Å². The van der Waals surface area contributed by atoms with Crippen LogP contribution in [-0.4, -0.2) is 34.5 Å². The van der Waals surface area contributed by atoms with E-state index < -0.39 is 5.91 Å². The maximum atomic E-state index is 13.3. The summed E-state index contributed by atoms with van der Waals surface area (Å²) in [4.78, 5) is 26.5. The Hall–Kier alpha value is -4.88. The van der Waals surface area contributed by atoms with Gasteiger partial charge in [-0.25, -0.2) is 19.3 Å². The third-order valence-corrected chi connectivity index (χ3v) is 6.41. The summed E-state index contributed by atoms with van der Waals surface area (Å²) in [6, 6.07) is 16.9. The maximum absolute atomic E-state index is 13.3. The van der Waals surface area contributed by atoms with Gasteiger partial charge in [-0.05, 0) is 62.7 Å². The number of carbonyl (C=O) groups is 1. The van der Waals surface area contributed by atoms with Gasteiger partial charge in [0.05, 0.1) is 34.8 Å². The largest absolute Gasteiger partial charge is 0.382 e. The minimum Gasteiger partial charge on any atom is -0.382 e. The molecule has 2 heterocycles. The third kappa shape index (κ3) is 7.15. The van der Waals surface area contributed by atoms with Gasteiger partial charge in [0.15, 0.2) is 0 Å². The number of aromatic nitrogens is 3. The quantitative estimate of drug-likeness (QED) is 0.206. The van der Waals surface area contributed by atoms with E-state index >= 15 is 0 Å². The molecule has 9 nitrogen and oxygen atoms in total. The number of rotatable bonds is 11. The first kappa shape index (κ1) is 28.1. The number of nitrogens with two attached hydrogens (primary N) is 1. The van der Waals surface area contributed by atoms with Crippen LogP contribution in [0.1, 0.15) is 52.1 Å². The lowest BCUT2D eigenvalue weighted by atomic mass is 10.1. The van der Waals surface area contributed by atoms with Gasteiger partial charge in [0.1, 0.15) is 23.5 Å². The van der Waals surface area contributed by atoms with Crippen LogP contribution >= 0.6 is 0 Å². The van der Waals surface area contributed by atoms with Gasteiger partial charge in [-0.3, -0.25) is 4.79 Å². The molecule has 2 aromatic carbocycles. The van der Waals surface area contributed by atoms with Crippen LogP contribution in [0.2, 0.25) is 0 Å². The highest BCUT2D eigenvalue weighted by Crippen LogP contribution is 2.22. The predicted molar refractivity (Wildman–Crippen MR) is 153 cm³/mol. The number of anilines is 2. The van der Waals surface area contributed by atoms with Crippen LogP contribution < -0.4 is 21.7 Å². The standard InChI is InChI=1S/C30H31FN8O/c1-19(22-9-11-24(31)12-10-22)38-30(40)25-14-21(15-32)17-37-29(25)36-16-20-5-7-23(8-6-20)27-18-35-28(33)26(39-27)4-3-13-34-2/h5-12,14,17-19,34H,3-4,13,16H2,1-2H3,(H2,33,35)(H,36,37)(H,38,40)/t19-/m0/s1. The van der Waals surface area contributed by atoms with E-state index in [9.17, 15) is 14.4 Å². The molecule has 1 amide bonds. The van der Waals surface area contributed by atoms with Gasteiger partial charge in [-0.15, -0.1) is 0 Å². The fourth-order valence-electron chi connectivity index (χ4n) is 4.12. The third-order valence-electron chi connectivity index (χ3n) is 6.41. The van der Waals surface area contributed by atoms with Crippen molar-refractivity contribution in [2.75, 3.05) is 24.6 Å². The minimum atomic E-state index is -0.397. The van der Waals surface area contributed by atoms with Gasteiger partial charge in [-0.2, -0.15) is 5.26 Å². The van der Waals surface area contributed by atoms with Gasteiger partial charge in [0.25, 0.3) is 5.91 Å².